The van der Waals surface area contributed by atoms with Crippen LogP contribution in [0.3, 0.4) is 0 Å². The van der Waals surface area contributed by atoms with E-state index in [1.54, 1.807) is 0 Å². The van der Waals surface area contributed by atoms with Gasteiger partial charge in [0, 0.05) is 44.8 Å². The third-order valence-corrected chi connectivity index (χ3v) is 4.65. The van der Waals surface area contributed by atoms with E-state index in [1.807, 2.05) is 37.3 Å². The van der Waals surface area contributed by atoms with E-state index in [1.165, 1.54) is 0 Å². The molecular weight excluding hydrogens is 395 g/mol. The summed E-state index contributed by atoms with van der Waals surface area (Å²) in [5.74, 6) is -0.213. The highest BCUT2D eigenvalue weighted by molar-refractivity contribution is 5.86. The van der Waals surface area contributed by atoms with E-state index in [-0.39, 0.29) is 61.1 Å². The van der Waals surface area contributed by atoms with Crippen molar-refractivity contribution in [2.45, 2.75) is 25.9 Å². The summed E-state index contributed by atoms with van der Waals surface area (Å²) >= 11 is 0. The third kappa shape index (κ3) is 8.42. The number of nitrogens with two attached hydrogens (primary N) is 1. The van der Waals surface area contributed by atoms with Crippen molar-refractivity contribution >= 4 is 43.1 Å². The van der Waals surface area contributed by atoms with Gasteiger partial charge in [-0.25, -0.2) is 0 Å². The summed E-state index contributed by atoms with van der Waals surface area (Å²) in [5.41, 5.74) is 7.24. The molecule has 1 amide bonds. The van der Waals surface area contributed by atoms with Crippen LogP contribution in [0.4, 0.5) is 0 Å². The standard InChI is InChI=1S/C18H30N4O.3ClH/c1-14(13-22-11-9-21(3)10-12-22)20-18(23)15(2)17(19)16-7-5-4-6-8-16;;;/h4-8,14-15,17H,9-13,19H2,1-3H3,(H,20,23);3*1H. The van der Waals surface area contributed by atoms with Gasteiger partial charge in [0.25, 0.3) is 0 Å². The Kier molecular flexibility index (Phi) is 14.5. The van der Waals surface area contributed by atoms with Crippen LogP contribution in [0.25, 0.3) is 0 Å². The van der Waals surface area contributed by atoms with Crippen molar-refractivity contribution in [1.29, 1.82) is 0 Å². The summed E-state index contributed by atoms with van der Waals surface area (Å²) in [6, 6.07) is 9.68. The van der Waals surface area contributed by atoms with E-state index in [2.05, 4.69) is 29.1 Å². The first-order valence-corrected chi connectivity index (χ1v) is 8.49. The highest BCUT2D eigenvalue weighted by atomic mass is 35.5. The maximum atomic E-state index is 12.4. The van der Waals surface area contributed by atoms with Crippen molar-refractivity contribution in [1.82, 2.24) is 15.1 Å². The minimum atomic E-state index is -0.271. The summed E-state index contributed by atoms with van der Waals surface area (Å²) < 4.78 is 0. The van der Waals surface area contributed by atoms with Crippen LogP contribution in [0, 0.1) is 5.92 Å². The van der Waals surface area contributed by atoms with Gasteiger partial charge in [0.2, 0.25) is 5.91 Å². The number of hydrogen-bond acceptors (Lipinski definition) is 4. The number of carbonyl (C=O) groups excluding carboxylic acids is 1. The molecule has 3 atom stereocenters. The van der Waals surface area contributed by atoms with E-state index in [0.717, 1.165) is 38.3 Å². The molecular formula is C18H33Cl3N4O. The summed E-state index contributed by atoms with van der Waals surface area (Å²) in [4.78, 5) is 17.2. The molecule has 0 bridgehead atoms. The number of carbonyl (C=O) groups is 1. The fourth-order valence-electron chi connectivity index (χ4n) is 2.96. The molecule has 0 saturated carbocycles. The van der Waals surface area contributed by atoms with Gasteiger partial charge < -0.3 is 16.0 Å². The molecule has 26 heavy (non-hydrogen) atoms. The number of piperazine rings is 1. The first-order chi connectivity index (χ1) is 11.0. The fourth-order valence-corrected chi connectivity index (χ4v) is 2.96. The van der Waals surface area contributed by atoms with Crippen molar-refractivity contribution in [3.8, 4) is 0 Å². The smallest absolute Gasteiger partial charge is 0.224 e. The summed E-state index contributed by atoms with van der Waals surface area (Å²) in [7, 11) is 2.15. The number of likely N-dealkylation sites (N-methyl/N-ethyl adjacent to an activating group) is 1. The molecule has 1 fully saturated rings. The van der Waals surface area contributed by atoms with E-state index in [4.69, 9.17) is 5.73 Å². The van der Waals surface area contributed by atoms with Crippen LogP contribution in [0.1, 0.15) is 25.5 Å². The Morgan fingerprint density at radius 2 is 1.62 bits per heavy atom. The average molecular weight is 428 g/mol. The first kappa shape index (κ1) is 27.7. The molecule has 3 N–H and O–H groups in total. The van der Waals surface area contributed by atoms with Crippen LogP contribution in [0.2, 0.25) is 0 Å². The van der Waals surface area contributed by atoms with Crippen molar-refractivity contribution in [3.05, 3.63) is 35.9 Å². The summed E-state index contributed by atoms with van der Waals surface area (Å²) in [5, 5.41) is 3.11. The molecule has 8 heteroatoms. The molecule has 1 aliphatic rings. The zero-order chi connectivity index (χ0) is 16.8. The maximum Gasteiger partial charge on any atom is 0.224 e. The monoisotopic (exact) mass is 426 g/mol. The van der Waals surface area contributed by atoms with Gasteiger partial charge in [-0.15, -0.1) is 37.2 Å². The van der Waals surface area contributed by atoms with Crippen molar-refractivity contribution < 1.29 is 4.79 Å². The van der Waals surface area contributed by atoms with E-state index in [9.17, 15) is 4.79 Å². The first-order valence-electron chi connectivity index (χ1n) is 8.49. The third-order valence-electron chi connectivity index (χ3n) is 4.65. The molecule has 1 aromatic carbocycles. The number of benzene rings is 1. The zero-order valence-corrected chi connectivity index (χ0v) is 18.2. The van der Waals surface area contributed by atoms with Crippen molar-refractivity contribution in [2.24, 2.45) is 11.7 Å². The number of nitrogens with one attached hydrogen (secondary N) is 1. The van der Waals surface area contributed by atoms with Crippen LogP contribution >= 0.6 is 37.2 Å². The Morgan fingerprint density at radius 1 is 1.08 bits per heavy atom. The van der Waals surface area contributed by atoms with Crippen molar-refractivity contribution in [2.75, 3.05) is 39.8 Å². The summed E-state index contributed by atoms with van der Waals surface area (Å²) in [6.07, 6.45) is 0. The predicted octanol–water partition coefficient (Wildman–Crippen LogP) is 2.34. The van der Waals surface area contributed by atoms with E-state index >= 15 is 0 Å². The second-order valence-electron chi connectivity index (χ2n) is 6.74. The lowest BCUT2D eigenvalue weighted by atomic mass is 9.94. The molecule has 5 nitrogen and oxygen atoms in total. The minimum Gasteiger partial charge on any atom is -0.352 e. The van der Waals surface area contributed by atoms with Gasteiger partial charge in [0.1, 0.15) is 0 Å². The average Bonchev–Trinajstić information content (AvgIpc) is 2.56. The van der Waals surface area contributed by atoms with Gasteiger partial charge in [-0.3, -0.25) is 9.69 Å². The van der Waals surface area contributed by atoms with Crippen LogP contribution in [0.15, 0.2) is 30.3 Å². The van der Waals surface area contributed by atoms with E-state index in [0.29, 0.717) is 0 Å². The molecule has 1 saturated heterocycles. The zero-order valence-electron chi connectivity index (χ0n) is 15.8. The Labute approximate surface area is 176 Å². The summed E-state index contributed by atoms with van der Waals surface area (Å²) in [6.45, 7) is 9.18. The molecule has 0 radical (unpaired) electrons. The van der Waals surface area contributed by atoms with Gasteiger partial charge in [0.15, 0.2) is 0 Å². The highest BCUT2D eigenvalue weighted by Crippen LogP contribution is 2.19. The molecule has 1 heterocycles. The lowest BCUT2D eigenvalue weighted by molar-refractivity contribution is -0.125. The van der Waals surface area contributed by atoms with Gasteiger partial charge in [-0.1, -0.05) is 37.3 Å². The molecule has 3 unspecified atom stereocenters. The molecule has 1 aliphatic heterocycles. The Morgan fingerprint density at radius 3 is 2.15 bits per heavy atom. The number of halogens is 3. The predicted molar refractivity (Wildman–Crippen MR) is 116 cm³/mol. The molecule has 1 aromatic rings. The van der Waals surface area contributed by atoms with E-state index < -0.39 is 0 Å². The number of nitrogens with zero attached hydrogens (tertiary/aromatic N) is 2. The molecule has 2 rings (SSSR count). The Balaban J connectivity index is 0. The Hall–Kier alpha value is -0.560. The van der Waals surface area contributed by atoms with Gasteiger partial charge in [0.05, 0.1) is 5.92 Å². The number of amides is 1. The molecule has 0 spiro atoms. The van der Waals surface area contributed by atoms with Crippen LogP contribution < -0.4 is 11.1 Å². The topological polar surface area (TPSA) is 61.6 Å². The second-order valence-corrected chi connectivity index (χ2v) is 6.74. The largest absolute Gasteiger partial charge is 0.352 e. The SMILES string of the molecule is CC(CN1CCN(C)CC1)NC(=O)C(C)C(N)c1ccccc1.Cl.Cl.Cl. The second kappa shape index (κ2) is 13.6. The molecule has 0 aliphatic carbocycles. The van der Waals surface area contributed by atoms with Gasteiger partial charge in [-0.05, 0) is 19.5 Å². The molecule has 0 aromatic heterocycles. The minimum absolute atomic E-state index is 0. The lowest BCUT2D eigenvalue weighted by Gasteiger charge is -2.34. The van der Waals surface area contributed by atoms with Crippen molar-refractivity contribution in [3.63, 3.8) is 0 Å². The fraction of sp³-hybridized carbons (Fsp3) is 0.611. The highest BCUT2D eigenvalue weighted by Gasteiger charge is 2.24. The molecule has 152 valence electrons. The van der Waals surface area contributed by atoms with Crippen LogP contribution in [-0.2, 0) is 4.79 Å². The lowest BCUT2D eigenvalue weighted by Crippen LogP contribution is -2.50. The van der Waals surface area contributed by atoms with Gasteiger partial charge in [-0.2, -0.15) is 0 Å². The van der Waals surface area contributed by atoms with Gasteiger partial charge >= 0.3 is 0 Å². The normalized spacial score (nSPS) is 18.3. The number of hydrogen-bond donors (Lipinski definition) is 2. The Bertz CT molecular complexity index is 498. The maximum absolute atomic E-state index is 12.4. The van der Waals surface area contributed by atoms with Crippen LogP contribution in [0.5, 0.6) is 0 Å². The van der Waals surface area contributed by atoms with Crippen LogP contribution in [-0.4, -0.2) is 61.5 Å². The quantitative estimate of drug-likeness (QED) is 0.731. The number of rotatable bonds is 6.